The first-order valence-corrected chi connectivity index (χ1v) is 11.1. The molecule has 1 atom stereocenters. The zero-order valence-electron chi connectivity index (χ0n) is 18.5. The van der Waals surface area contributed by atoms with Gasteiger partial charge in [-0.3, -0.25) is 0 Å². The first-order valence-electron chi connectivity index (χ1n) is 10.3. The number of carbonyl (C=O) groups excluding carboxylic acids is 1. The van der Waals surface area contributed by atoms with Gasteiger partial charge < -0.3 is 14.2 Å². The van der Waals surface area contributed by atoms with Gasteiger partial charge in [0.05, 0.1) is 38.3 Å². The highest BCUT2D eigenvalue weighted by atomic mass is 32.1. The minimum atomic E-state index is -0.353. The van der Waals surface area contributed by atoms with Crippen LogP contribution in [0.4, 0.5) is 5.13 Å². The molecule has 0 saturated heterocycles. The van der Waals surface area contributed by atoms with E-state index >= 15 is 0 Å². The van der Waals surface area contributed by atoms with Crippen molar-refractivity contribution in [2.75, 3.05) is 25.8 Å². The first kappa shape index (κ1) is 21.8. The minimum Gasteiger partial charge on any atom is -0.497 e. The third-order valence-corrected chi connectivity index (χ3v) is 6.40. The maximum Gasteiger partial charge on any atom is 0.350 e. The number of hydrogen-bond donors (Lipinski definition) is 0. The molecule has 0 fully saturated rings. The number of methoxy groups -OCH3 is 2. The maximum atomic E-state index is 12.3. The van der Waals surface area contributed by atoms with Gasteiger partial charge in [-0.25, -0.2) is 14.8 Å². The Bertz CT molecular complexity index is 1120. The Labute approximate surface area is 191 Å². The van der Waals surface area contributed by atoms with Crippen LogP contribution in [-0.4, -0.2) is 37.5 Å². The second-order valence-corrected chi connectivity index (χ2v) is 8.22. The summed E-state index contributed by atoms with van der Waals surface area (Å²) in [5, 5.41) is 7.48. The van der Waals surface area contributed by atoms with Crippen molar-refractivity contribution in [1.82, 2.24) is 4.98 Å². The number of rotatable bonds is 7. The lowest BCUT2D eigenvalue weighted by atomic mass is 9.98. The van der Waals surface area contributed by atoms with Gasteiger partial charge in [-0.15, -0.1) is 0 Å². The topological polar surface area (TPSA) is 73.2 Å². The van der Waals surface area contributed by atoms with Crippen LogP contribution in [0.15, 0.2) is 53.6 Å². The molecule has 8 heteroatoms. The van der Waals surface area contributed by atoms with E-state index in [0.717, 1.165) is 28.3 Å². The molecule has 1 aliphatic rings. The van der Waals surface area contributed by atoms with E-state index in [9.17, 15) is 4.79 Å². The van der Waals surface area contributed by atoms with E-state index in [1.807, 2.05) is 60.5 Å². The summed E-state index contributed by atoms with van der Waals surface area (Å²) in [6.07, 6.45) is 0.700. The number of hydrogen-bond acceptors (Lipinski definition) is 8. The molecule has 0 saturated carbocycles. The Hall–Kier alpha value is -3.39. The molecule has 0 aliphatic carbocycles. The molecule has 1 unspecified atom stereocenters. The van der Waals surface area contributed by atoms with E-state index in [2.05, 4.69) is 4.98 Å². The molecule has 0 N–H and O–H groups in total. The fraction of sp³-hybridized carbons (Fsp3) is 0.292. The fourth-order valence-corrected chi connectivity index (χ4v) is 4.56. The van der Waals surface area contributed by atoms with Crippen molar-refractivity contribution < 1.29 is 19.0 Å². The van der Waals surface area contributed by atoms with Crippen LogP contribution in [0.25, 0.3) is 0 Å². The van der Waals surface area contributed by atoms with Gasteiger partial charge in [-0.2, -0.15) is 5.10 Å². The highest BCUT2D eigenvalue weighted by Crippen LogP contribution is 2.40. The van der Waals surface area contributed by atoms with Crippen molar-refractivity contribution in [1.29, 1.82) is 0 Å². The molecule has 3 aromatic rings. The number of aromatic nitrogens is 1. The fourth-order valence-electron chi connectivity index (χ4n) is 3.60. The molecule has 2 aromatic carbocycles. The number of ether oxygens (including phenoxy) is 3. The van der Waals surface area contributed by atoms with Crippen LogP contribution in [0.5, 0.6) is 11.5 Å². The third-order valence-electron chi connectivity index (χ3n) is 5.28. The quantitative estimate of drug-likeness (QED) is 0.471. The van der Waals surface area contributed by atoms with Crippen LogP contribution in [0.2, 0.25) is 0 Å². The first-order chi connectivity index (χ1) is 15.5. The number of hydrazone groups is 1. The predicted octanol–water partition coefficient (Wildman–Crippen LogP) is 5.00. The molecule has 0 radical (unpaired) electrons. The highest BCUT2D eigenvalue weighted by molar-refractivity contribution is 7.17. The van der Waals surface area contributed by atoms with Crippen molar-refractivity contribution in [2.24, 2.45) is 5.10 Å². The summed E-state index contributed by atoms with van der Waals surface area (Å²) in [6.45, 7) is 3.93. The number of carbonyl (C=O) groups is 1. The Morgan fingerprint density at radius 3 is 2.28 bits per heavy atom. The van der Waals surface area contributed by atoms with Crippen molar-refractivity contribution in [3.05, 3.63) is 70.2 Å². The third kappa shape index (κ3) is 4.31. The molecule has 0 spiro atoms. The average molecular weight is 452 g/mol. The number of benzene rings is 2. The second kappa shape index (κ2) is 9.40. The Kier molecular flexibility index (Phi) is 6.41. The summed E-state index contributed by atoms with van der Waals surface area (Å²) < 4.78 is 15.8. The van der Waals surface area contributed by atoms with Gasteiger partial charge in [-0.05, 0) is 61.4 Å². The second-order valence-electron chi connectivity index (χ2n) is 7.24. The normalized spacial score (nSPS) is 15.4. The Balaban J connectivity index is 1.72. The summed E-state index contributed by atoms with van der Waals surface area (Å²) in [4.78, 5) is 17.5. The Morgan fingerprint density at radius 1 is 1.06 bits per heavy atom. The molecule has 2 heterocycles. The molecule has 166 valence electrons. The number of thiazole rings is 1. The monoisotopic (exact) mass is 451 g/mol. The van der Waals surface area contributed by atoms with E-state index in [0.29, 0.717) is 28.7 Å². The lowest BCUT2D eigenvalue weighted by molar-refractivity contribution is 0.0531. The van der Waals surface area contributed by atoms with Gasteiger partial charge in [0.1, 0.15) is 16.4 Å². The number of anilines is 1. The van der Waals surface area contributed by atoms with Crippen LogP contribution >= 0.6 is 11.3 Å². The van der Waals surface area contributed by atoms with E-state index in [1.165, 1.54) is 11.3 Å². The average Bonchev–Trinajstić information content (AvgIpc) is 3.43. The predicted molar refractivity (Wildman–Crippen MR) is 125 cm³/mol. The smallest absolute Gasteiger partial charge is 0.350 e. The van der Waals surface area contributed by atoms with Gasteiger partial charge in [0.15, 0.2) is 0 Å². The van der Waals surface area contributed by atoms with Crippen molar-refractivity contribution in [2.45, 2.75) is 26.3 Å². The van der Waals surface area contributed by atoms with E-state index in [1.54, 1.807) is 21.1 Å². The molecular weight excluding hydrogens is 426 g/mol. The summed E-state index contributed by atoms with van der Waals surface area (Å²) >= 11 is 1.30. The lowest BCUT2D eigenvalue weighted by Gasteiger charge is -2.21. The minimum absolute atomic E-state index is 0.0568. The zero-order valence-corrected chi connectivity index (χ0v) is 19.3. The standard InChI is InChI=1S/C24H25N3O4S/c1-5-31-23(28)22-15(2)25-24(32-22)27-21(17-8-12-19(30-4)13-9-17)14-20(26-27)16-6-10-18(29-3)11-7-16/h6-13,21H,5,14H2,1-4H3. The molecule has 0 bridgehead atoms. The van der Waals surface area contributed by atoms with Crippen molar-refractivity contribution >= 4 is 28.1 Å². The molecule has 4 rings (SSSR count). The van der Waals surface area contributed by atoms with Gasteiger partial charge in [0, 0.05) is 6.42 Å². The van der Waals surface area contributed by atoms with Crippen LogP contribution in [0.3, 0.4) is 0 Å². The number of nitrogens with zero attached hydrogens (tertiary/aromatic N) is 3. The van der Waals surface area contributed by atoms with E-state index in [-0.39, 0.29) is 12.0 Å². The van der Waals surface area contributed by atoms with E-state index < -0.39 is 0 Å². The van der Waals surface area contributed by atoms with Crippen molar-refractivity contribution in [3.8, 4) is 11.5 Å². The lowest BCUT2D eigenvalue weighted by Crippen LogP contribution is -2.18. The van der Waals surface area contributed by atoms with Crippen LogP contribution in [0, 0.1) is 6.92 Å². The molecular formula is C24H25N3O4S. The van der Waals surface area contributed by atoms with Crippen molar-refractivity contribution in [3.63, 3.8) is 0 Å². The van der Waals surface area contributed by atoms with Gasteiger partial charge in [-0.1, -0.05) is 23.5 Å². The zero-order chi connectivity index (χ0) is 22.7. The van der Waals surface area contributed by atoms with Gasteiger partial charge >= 0.3 is 5.97 Å². The van der Waals surface area contributed by atoms with E-state index in [4.69, 9.17) is 19.3 Å². The summed E-state index contributed by atoms with van der Waals surface area (Å²) in [5.41, 5.74) is 3.69. The maximum absolute atomic E-state index is 12.3. The molecule has 7 nitrogen and oxygen atoms in total. The molecule has 0 amide bonds. The van der Waals surface area contributed by atoms with Crippen LogP contribution < -0.4 is 14.5 Å². The SMILES string of the molecule is CCOC(=O)c1sc(N2N=C(c3ccc(OC)cc3)CC2c2ccc(OC)cc2)nc1C. The summed E-state index contributed by atoms with van der Waals surface area (Å²) in [6, 6.07) is 15.8. The Morgan fingerprint density at radius 2 is 1.69 bits per heavy atom. The molecule has 32 heavy (non-hydrogen) atoms. The number of esters is 1. The highest BCUT2D eigenvalue weighted by Gasteiger charge is 2.33. The summed E-state index contributed by atoms with van der Waals surface area (Å²) in [7, 11) is 3.30. The summed E-state index contributed by atoms with van der Waals surface area (Å²) in [5.74, 6) is 1.24. The van der Waals surface area contributed by atoms with Crippen LogP contribution in [0.1, 0.15) is 45.9 Å². The molecule has 1 aliphatic heterocycles. The number of aryl methyl sites for hydroxylation is 1. The largest absolute Gasteiger partial charge is 0.497 e. The molecule has 1 aromatic heterocycles. The van der Waals surface area contributed by atoms with Gasteiger partial charge in [0.25, 0.3) is 0 Å². The van der Waals surface area contributed by atoms with Gasteiger partial charge in [0.2, 0.25) is 5.13 Å². The van der Waals surface area contributed by atoms with Crippen LogP contribution in [-0.2, 0) is 4.74 Å².